The van der Waals surface area contributed by atoms with Crippen LogP contribution in [0.4, 0.5) is 16.3 Å². The van der Waals surface area contributed by atoms with Crippen molar-refractivity contribution in [2.75, 3.05) is 36.4 Å². The second-order valence-corrected chi connectivity index (χ2v) is 5.97. The maximum absolute atomic E-state index is 12.6. The lowest BCUT2D eigenvalue weighted by molar-refractivity contribution is 0.208. The number of benzene rings is 1. The number of rotatable bonds is 2. The number of para-hydroxylation sites is 1. The normalized spacial score (nSPS) is 14.6. The third-order valence-corrected chi connectivity index (χ3v) is 4.41. The average molecular weight is 333 g/mol. The minimum atomic E-state index is -0.0844. The number of amides is 2. The maximum atomic E-state index is 12.6. The lowest BCUT2D eigenvalue weighted by Crippen LogP contribution is -2.50. The Balaban J connectivity index is 1.42. The van der Waals surface area contributed by atoms with E-state index in [0.29, 0.717) is 13.1 Å². The summed E-state index contributed by atoms with van der Waals surface area (Å²) in [5, 5.41) is 4.01. The van der Waals surface area contributed by atoms with E-state index in [1.165, 1.54) is 0 Å². The highest BCUT2D eigenvalue weighted by molar-refractivity contribution is 5.99. The number of fused-ring (bicyclic) bond motifs is 1. The highest BCUT2D eigenvalue weighted by Gasteiger charge is 2.22. The van der Waals surface area contributed by atoms with Crippen LogP contribution < -0.4 is 10.2 Å². The topological polar surface area (TPSA) is 61.4 Å². The molecule has 4 rings (SSSR count). The average Bonchev–Trinajstić information content (AvgIpc) is 2.69. The molecule has 3 aromatic rings. The van der Waals surface area contributed by atoms with Crippen molar-refractivity contribution in [1.29, 1.82) is 0 Å². The minimum absolute atomic E-state index is 0.0844. The Morgan fingerprint density at radius 3 is 2.48 bits per heavy atom. The van der Waals surface area contributed by atoms with Crippen molar-refractivity contribution < 1.29 is 4.79 Å². The van der Waals surface area contributed by atoms with Crippen LogP contribution in [-0.2, 0) is 0 Å². The molecule has 0 bridgehead atoms. The third kappa shape index (κ3) is 3.24. The second kappa shape index (κ2) is 6.76. The summed E-state index contributed by atoms with van der Waals surface area (Å²) in [6.07, 6.45) is 3.53. The number of hydrogen-bond acceptors (Lipinski definition) is 4. The molecule has 0 atom stereocenters. The van der Waals surface area contributed by atoms with Crippen molar-refractivity contribution in [3.63, 3.8) is 0 Å². The molecule has 2 amide bonds. The first-order valence-corrected chi connectivity index (χ1v) is 8.37. The van der Waals surface area contributed by atoms with Crippen LogP contribution in [0.2, 0.25) is 0 Å². The molecule has 1 aromatic carbocycles. The minimum Gasteiger partial charge on any atom is -0.353 e. The van der Waals surface area contributed by atoms with Crippen LogP contribution in [0, 0.1) is 0 Å². The number of anilines is 2. The molecule has 0 unspecified atom stereocenters. The van der Waals surface area contributed by atoms with E-state index in [0.717, 1.165) is 35.5 Å². The number of nitrogens with zero attached hydrogens (tertiary/aromatic N) is 4. The first-order chi connectivity index (χ1) is 12.3. The highest BCUT2D eigenvalue weighted by atomic mass is 16.2. The monoisotopic (exact) mass is 333 g/mol. The zero-order valence-electron chi connectivity index (χ0n) is 13.8. The molecular weight excluding hydrogens is 314 g/mol. The predicted molar refractivity (Wildman–Crippen MR) is 98.8 cm³/mol. The molecule has 1 aliphatic heterocycles. The van der Waals surface area contributed by atoms with E-state index in [9.17, 15) is 4.79 Å². The number of piperazine rings is 1. The molecule has 126 valence electrons. The summed E-state index contributed by atoms with van der Waals surface area (Å²) < 4.78 is 0. The largest absolute Gasteiger partial charge is 0.353 e. The van der Waals surface area contributed by atoms with Gasteiger partial charge in [-0.2, -0.15) is 0 Å². The molecule has 1 N–H and O–H groups in total. The van der Waals surface area contributed by atoms with Gasteiger partial charge in [0.1, 0.15) is 5.82 Å². The van der Waals surface area contributed by atoms with Gasteiger partial charge in [-0.3, -0.25) is 4.98 Å². The standard InChI is InChI=1S/C19H19N5O/c25-19(22-16-7-3-5-15-6-4-10-21-18(15)16)24-13-11-23(12-14-24)17-8-1-2-9-20-17/h1-10H,11-14H2,(H,22,25). The smallest absolute Gasteiger partial charge is 0.322 e. The SMILES string of the molecule is O=C(Nc1cccc2cccnc12)N1CCN(c2ccccn2)CC1. The van der Waals surface area contributed by atoms with Gasteiger partial charge in [0.2, 0.25) is 0 Å². The molecule has 3 heterocycles. The van der Waals surface area contributed by atoms with Crippen LogP contribution in [-0.4, -0.2) is 47.1 Å². The van der Waals surface area contributed by atoms with Crippen molar-refractivity contribution in [3.8, 4) is 0 Å². The summed E-state index contributed by atoms with van der Waals surface area (Å²) in [6.45, 7) is 2.89. The van der Waals surface area contributed by atoms with Crippen molar-refractivity contribution in [1.82, 2.24) is 14.9 Å². The molecule has 2 aromatic heterocycles. The molecule has 25 heavy (non-hydrogen) atoms. The molecule has 0 aliphatic carbocycles. The Morgan fingerprint density at radius 1 is 0.880 bits per heavy atom. The van der Waals surface area contributed by atoms with Gasteiger partial charge in [0.05, 0.1) is 11.2 Å². The summed E-state index contributed by atoms with van der Waals surface area (Å²) in [4.78, 5) is 25.4. The van der Waals surface area contributed by atoms with E-state index in [2.05, 4.69) is 20.2 Å². The van der Waals surface area contributed by atoms with Gasteiger partial charge < -0.3 is 15.1 Å². The molecule has 0 radical (unpaired) electrons. The maximum Gasteiger partial charge on any atom is 0.322 e. The quantitative estimate of drug-likeness (QED) is 0.783. The summed E-state index contributed by atoms with van der Waals surface area (Å²) in [6, 6.07) is 15.5. The summed E-state index contributed by atoms with van der Waals surface area (Å²) >= 11 is 0. The molecule has 0 saturated carbocycles. The fraction of sp³-hybridized carbons (Fsp3) is 0.211. The van der Waals surface area contributed by atoms with Gasteiger partial charge in [-0.25, -0.2) is 9.78 Å². The number of aromatic nitrogens is 2. The van der Waals surface area contributed by atoms with Crippen LogP contribution in [0.15, 0.2) is 60.9 Å². The van der Waals surface area contributed by atoms with Gasteiger partial charge in [0.25, 0.3) is 0 Å². The number of urea groups is 1. The summed E-state index contributed by atoms with van der Waals surface area (Å²) in [7, 11) is 0. The van der Waals surface area contributed by atoms with E-state index in [-0.39, 0.29) is 6.03 Å². The Morgan fingerprint density at radius 2 is 1.68 bits per heavy atom. The van der Waals surface area contributed by atoms with Gasteiger partial charge in [-0.1, -0.05) is 24.3 Å². The molecule has 1 saturated heterocycles. The summed E-state index contributed by atoms with van der Waals surface area (Å²) in [5.74, 6) is 0.959. The lowest BCUT2D eigenvalue weighted by Gasteiger charge is -2.35. The zero-order chi connectivity index (χ0) is 17.1. The van der Waals surface area contributed by atoms with Gasteiger partial charge in [-0.05, 0) is 24.3 Å². The Bertz CT molecular complexity index is 870. The Labute approximate surface area is 146 Å². The van der Waals surface area contributed by atoms with Crippen molar-refractivity contribution in [2.45, 2.75) is 0 Å². The molecular formula is C19H19N5O. The molecule has 1 aliphatic rings. The number of pyridine rings is 2. The van der Waals surface area contributed by atoms with E-state index >= 15 is 0 Å². The van der Waals surface area contributed by atoms with Crippen LogP contribution in [0.1, 0.15) is 0 Å². The van der Waals surface area contributed by atoms with Gasteiger partial charge in [-0.15, -0.1) is 0 Å². The Hall–Kier alpha value is -3.15. The van der Waals surface area contributed by atoms with Crippen LogP contribution >= 0.6 is 0 Å². The van der Waals surface area contributed by atoms with Crippen LogP contribution in [0.5, 0.6) is 0 Å². The Kier molecular flexibility index (Phi) is 4.16. The molecule has 6 heteroatoms. The number of hydrogen-bond donors (Lipinski definition) is 1. The van der Waals surface area contributed by atoms with E-state index in [1.54, 1.807) is 12.4 Å². The predicted octanol–water partition coefficient (Wildman–Crippen LogP) is 2.98. The molecule has 0 spiro atoms. The highest BCUT2D eigenvalue weighted by Crippen LogP contribution is 2.21. The van der Waals surface area contributed by atoms with Crippen molar-refractivity contribution >= 4 is 28.4 Å². The molecule has 6 nitrogen and oxygen atoms in total. The van der Waals surface area contributed by atoms with E-state index in [1.807, 2.05) is 53.4 Å². The van der Waals surface area contributed by atoms with Crippen LogP contribution in [0.25, 0.3) is 10.9 Å². The van der Waals surface area contributed by atoms with Gasteiger partial charge in [0, 0.05) is 44.0 Å². The first-order valence-electron chi connectivity index (χ1n) is 8.37. The second-order valence-electron chi connectivity index (χ2n) is 5.97. The molecule has 1 fully saturated rings. The zero-order valence-corrected chi connectivity index (χ0v) is 13.8. The number of carbonyl (C=O) groups is 1. The van der Waals surface area contributed by atoms with Crippen LogP contribution in [0.3, 0.4) is 0 Å². The van der Waals surface area contributed by atoms with Gasteiger partial charge in [0.15, 0.2) is 0 Å². The van der Waals surface area contributed by atoms with Gasteiger partial charge >= 0.3 is 6.03 Å². The fourth-order valence-corrected chi connectivity index (χ4v) is 3.08. The number of nitrogens with one attached hydrogen (secondary N) is 1. The first kappa shape index (κ1) is 15.4. The van der Waals surface area contributed by atoms with Crippen molar-refractivity contribution in [2.24, 2.45) is 0 Å². The van der Waals surface area contributed by atoms with E-state index in [4.69, 9.17) is 0 Å². The third-order valence-electron chi connectivity index (χ3n) is 4.41. The number of carbonyl (C=O) groups excluding carboxylic acids is 1. The van der Waals surface area contributed by atoms with Crippen molar-refractivity contribution in [3.05, 3.63) is 60.9 Å². The fourth-order valence-electron chi connectivity index (χ4n) is 3.08. The lowest BCUT2D eigenvalue weighted by atomic mass is 10.2. The van der Waals surface area contributed by atoms with E-state index < -0.39 is 0 Å². The summed E-state index contributed by atoms with van der Waals surface area (Å²) in [5.41, 5.74) is 1.56.